The number of nitrogens with zero attached hydrogens (tertiary/aromatic N) is 2. The van der Waals surface area contributed by atoms with Gasteiger partial charge in [0.1, 0.15) is 6.04 Å². The van der Waals surface area contributed by atoms with Gasteiger partial charge >= 0.3 is 6.18 Å². The van der Waals surface area contributed by atoms with Crippen molar-refractivity contribution in [1.82, 2.24) is 15.2 Å². The number of likely N-dealkylation sites (N-methyl/N-ethyl adjacent to an activating group) is 1. The molecule has 2 rings (SSSR count). The van der Waals surface area contributed by atoms with E-state index >= 15 is 0 Å². The molecule has 2 heterocycles. The van der Waals surface area contributed by atoms with Crippen molar-refractivity contribution in [2.45, 2.75) is 38.0 Å². The fourth-order valence-electron chi connectivity index (χ4n) is 2.82. The van der Waals surface area contributed by atoms with Crippen LogP contribution in [-0.4, -0.2) is 54.8 Å². The Kier molecular flexibility index (Phi) is 5.13. The SMILES string of the molecule is COc1cc(C(=O)N[C@H]2CC[C@@H](C(F)(F)F)N(C)C2)cc(C)n1. The van der Waals surface area contributed by atoms with Crippen molar-refractivity contribution in [1.29, 1.82) is 0 Å². The van der Waals surface area contributed by atoms with Gasteiger partial charge in [-0.1, -0.05) is 0 Å². The van der Waals surface area contributed by atoms with Gasteiger partial charge in [-0.15, -0.1) is 0 Å². The van der Waals surface area contributed by atoms with E-state index in [4.69, 9.17) is 4.74 Å². The Morgan fingerprint density at radius 2 is 2.09 bits per heavy atom. The molecule has 1 amide bonds. The number of carbonyl (C=O) groups is 1. The van der Waals surface area contributed by atoms with Gasteiger partial charge in [-0.25, -0.2) is 4.98 Å². The monoisotopic (exact) mass is 331 g/mol. The molecule has 2 atom stereocenters. The molecule has 0 radical (unpaired) electrons. The number of piperidine rings is 1. The molecule has 128 valence electrons. The third kappa shape index (κ3) is 4.34. The van der Waals surface area contributed by atoms with Gasteiger partial charge < -0.3 is 10.1 Å². The van der Waals surface area contributed by atoms with Crippen molar-refractivity contribution >= 4 is 5.91 Å². The third-order valence-corrected chi connectivity index (χ3v) is 3.94. The van der Waals surface area contributed by atoms with Gasteiger partial charge in [0.05, 0.1) is 7.11 Å². The molecule has 0 saturated carbocycles. The number of carbonyl (C=O) groups excluding carboxylic acids is 1. The number of aryl methyl sites for hydroxylation is 1. The molecule has 1 aromatic heterocycles. The summed E-state index contributed by atoms with van der Waals surface area (Å²) in [5.74, 6) is -0.00861. The zero-order chi connectivity index (χ0) is 17.2. The van der Waals surface area contributed by atoms with Crippen LogP contribution in [0.25, 0.3) is 0 Å². The third-order valence-electron chi connectivity index (χ3n) is 3.94. The molecule has 0 aliphatic carbocycles. The number of rotatable bonds is 3. The summed E-state index contributed by atoms with van der Waals surface area (Å²) in [6.45, 7) is 1.90. The van der Waals surface area contributed by atoms with E-state index in [9.17, 15) is 18.0 Å². The van der Waals surface area contributed by atoms with Crippen LogP contribution in [0, 0.1) is 6.92 Å². The molecule has 8 heteroatoms. The van der Waals surface area contributed by atoms with Crippen LogP contribution in [0.4, 0.5) is 13.2 Å². The molecule has 1 N–H and O–H groups in total. The van der Waals surface area contributed by atoms with E-state index in [2.05, 4.69) is 10.3 Å². The number of likely N-dealkylation sites (tertiary alicyclic amines) is 1. The van der Waals surface area contributed by atoms with E-state index in [-0.39, 0.29) is 24.9 Å². The number of hydrogen-bond acceptors (Lipinski definition) is 4. The summed E-state index contributed by atoms with van der Waals surface area (Å²) in [5.41, 5.74) is 1.02. The van der Waals surface area contributed by atoms with Gasteiger partial charge in [-0.2, -0.15) is 13.2 Å². The lowest BCUT2D eigenvalue weighted by molar-refractivity contribution is -0.188. The highest BCUT2D eigenvalue weighted by Gasteiger charge is 2.44. The van der Waals surface area contributed by atoms with Crippen LogP contribution in [0.5, 0.6) is 5.88 Å². The first-order valence-corrected chi connectivity index (χ1v) is 7.31. The smallest absolute Gasteiger partial charge is 0.404 e. The molecular formula is C15H20F3N3O2. The second-order valence-electron chi connectivity index (χ2n) is 5.78. The maximum atomic E-state index is 12.8. The highest BCUT2D eigenvalue weighted by molar-refractivity contribution is 5.94. The first-order valence-electron chi connectivity index (χ1n) is 7.31. The van der Waals surface area contributed by atoms with Crippen molar-refractivity contribution < 1.29 is 22.7 Å². The molecular weight excluding hydrogens is 311 g/mol. The number of pyridine rings is 1. The minimum atomic E-state index is -4.24. The highest BCUT2D eigenvalue weighted by atomic mass is 19.4. The van der Waals surface area contributed by atoms with Crippen molar-refractivity contribution in [3.05, 3.63) is 23.4 Å². The molecule has 0 aromatic carbocycles. The number of ether oxygens (including phenoxy) is 1. The number of methoxy groups -OCH3 is 1. The second kappa shape index (κ2) is 6.74. The number of alkyl halides is 3. The second-order valence-corrected chi connectivity index (χ2v) is 5.78. The standard InChI is InChI=1S/C15H20F3N3O2/c1-9-6-10(7-13(19-9)23-3)14(22)20-11-4-5-12(15(16,17)18)21(2)8-11/h6-7,11-12H,4-5,8H2,1-3H3,(H,20,22)/t11-,12-/m0/s1. The van der Waals surface area contributed by atoms with Gasteiger partial charge in [-0.05, 0) is 32.9 Å². The number of amides is 1. The molecule has 1 saturated heterocycles. The molecule has 0 spiro atoms. The lowest BCUT2D eigenvalue weighted by Gasteiger charge is -2.38. The van der Waals surface area contributed by atoms with E-state index in [1.807, 2.05) is 0 Å². The van der Waals surface area contributed by atoms with Crippen LogP contribution in [0.2, 0.25) is 0 Å². The van der Waals surface area contributed by atoms with E-state index in [0.717, 1.165) is 0 Å². The summed E-state index contributed by atoms with van der Waals surface area (Å²) in [6.07, 6.45) is -3.97. The molecule has 1 fully saturated rings. The number of nitrogens with one attached hydrogen (secondary N) is 1. The molecule has 5 nitrogen and oxygen atoms in total. The number of halogens is 3. The zero-order valence-electron chi connectivity index (χ0n) is 13.3. The first kappa shape index (κ1) is 17.5. The first-order chi connectivity index (χ1) is 10.7. The van der Waals surface area contributed by atoms with Gasteiger partial charge in [0.15, 0.2) is 0 Å². The fourth-order valence-corrected chi connectivity index (χ4v) is 2.82. The molecule has 0 unspecified atom stereocenters. The van der Waals surface area contributed by atoms with Crippen molar-refractivity contribution in [3.63, 3.8) is 0 Å². The predicted molar refractivity (Wildman–Crippen MR) is 78.5 cm³/mol. The maximum absolute atomic E-state index is 12.8. The quantitative estimate of drug-likeness (QED) is 0.922. The lowest BCUT2D eigenvalue weighted by Crippen LogP contribution is -2.54. The Labute approximate surface area is 132 Å². The van der Waals surface area contributed by atoms with E-state index in [1.165, 1.54) is 25.1 Å². The van der Waals surface area contributed by atoms with Crippen LogP contribution < -0.4 is 10.1 Å². The van der Waals surface area contributed by atoms with Gasteiger partial charge in [0, 0.05) is 29.9 Å². The fraction of sp³-hybridized carbons (Fsp3) is 0.600. The van der Waals surface area contributed by atoms with E-state index in [1.54, 1.807) is 13.0 Å². The van der Waals surface area contributed by atoms with Crippen molar-refractivity contribution in [2.24, 2.45) is 0 Å². The minimum Gasteiger partial charge on any atom is -0.481 e. The van der Waals surface area contributed by atoms with Gasteiger partial charge in [0.25, 0.3) is 5.91 Å². The average Bonchev–Trinajstić information content (AvgIpc) is 2.45. The maximum Gasteiger partial charge on any atom is 0.404 e. The van der Waals surface area contributed by atoms with Crippen LogP contribution in [-0.2, 0) is 0 Å². The lowest BCUT2D eigenvalue weighted by atomic mass is 9.98. The molecule has 0 bridgehead atoms. The molecule has 1 aliphatic rings. The number of hydrogen-bond donors (Lipinski definition) is 1. The Morgan fingerprint density at radius 3 is 2.65 bits per heavy atom. The highest BCUT2D eigenvalue weighted by Crippen LogP contribution is 2.30. The summed E-state index contributed by atoms with van der Waals surface area (Å²) in [7, 11) is 2.88. The van der Waals surface area contributed by atoms with Crippen molar-refractivity contribution in [3.8, 4) is 5.88 Å². The topological polar surface area (TPSA) is 54.5 Å². The Morgan fingerprint density at radius 1 is 1.39 bits per heavy atom. The zero-order valence-corrected chi connectivity index (χ0v) is 13.3. The summed E-state index contributed by atoms with van der Waals surface area (Å²) < 4.78 is 43.5. The Bertz CT molecular complexity index is 578. The predicted octanol–water partition coefficient (Wildman–Crippen LogP) is 2.15. The Hall–Kier alpha value is -1.83. The van der Waals surface area contributed by atoms with Crippen LogP contribution in [0.1, 0.15) is 28.9 Å². The van der Waals surface area contributed by atoms with E-state index in [0.29, 0.717) is 23.6 Å². The molecule has 23 heavy (non-hydrogen) atoms. The summed E-state index contributed by atoms with van der Waals surface area (Å²) >= 11 is 0. The average molecular weight is 331 g/mol. The van der Waals surface area contributed by atoms with Crippen LogP contribution in [0.15, 0.2) is 12.1 Å². The largest absolute Gasteiger partial charge is 0.481 e. The summed E-state index contributed by atoms with van der Waals surface area (Å²) in [5, 5.41) is 2.78. The Balaban J connectivity index is 2.01. The summed E-state index contributed by atoms with van der Waals surface area (Å²) in [6, 6.07) is 1.36. The van der Waals surface area contributed by atoms with Gasteiger partial charge in [-0.3, -0.25) is 9.69 Å². The summed E-state index contributed by atoms with van der Waals surface area (Å²) in [4.78, 5) is 17.6. The number of aromatic nitrogens is 1. The minimum absolute atomic E-state index is 0.0242. The molecule has 1 aliphatic heterocycles. The van der Waals surface area contributed by atoms with E-state index < -0.39 is 12.2 Å². The normalized spacial score (nSPS) is 22.7. The van der Waals surface area contributed by atoms with Crippen LogP contribution >= 0.6 is 0 Å². The molecule has 1 aromatic rings. The van der Waals surface area contributed by atoms with Crippen molar-refractivity contribution in [2.75, 3.05) is 20.7 Å². The van der Waals surface area contributed by atoms with Gasteiger partial charge in [0.2, 0.25) is 5.88 Å². The van der Waals surface area contributed by atoms with Crippen LogP contribution in [0.3, 0.4) is 0 Å².